The minimum atomic E-state index is -0.638. The van der Waals surface area contributed by atoms with Crippen LogP contribution in [0, 0.1) is 11.8 Å². The van der Waals surface area contributed by atoms with Crippen LogP contribution in [0.5, 0.6) is 0 Å². The molecule has 2 nitrogen and oxygen atoms in total. The van der Waals surface area contributed by atoms with Crippen molar-refractivity contribution >= 4 is 5.97 Å². The van der Waals surface area contributed by atoms with Gasteiger partial charge >= 0.3 is 5.97 Å². The van der Waals surface area contributed by atoms with Crippen molar-refractivity contribution < 1.29 is 9.90 Å². The summed E-state index contributed by atoms with van der Waals surface area (Å²) >= 11 is 0. The van der Waals surface area contributed by atoms with Crippen molar-refractivity contribution in [2.75, 3.05) is 0 Å². The molecule has 2 atom stereocenters. The van der Waals surface area contributed by atoms with Gasteiger partial charge in [0.15, 0.2) is 0 Å². The van der Waals surface area contributed by atoms with E-state index in [1.54, 1.807) is 0 Å². The van der Waals surface area contributed by atoms with Crippen LogP contribution in [0.1, 0.15) is 40.0 Å². The highest BCUT2D eigenvalue weighted by molar-refractivity contribution is 5.70. The molecule has 1 N–H and O–H groups in total. The van der Waals surface area contributed by atoms with E-state index in [0.717, 1.165) is 19.3 Å². The number of hydrogen-bond acceptors (Lipinski definition) is 1. The van der Waals surface area contributed by atoms with Gasteiger partial charge in [-0.3, -0.25) is 4.79 Å². The standard InChI is InChI=1S/C9H18O2/c1-4-6-8(9(10)11)7(3)5-2/h7-8H,4-6H2,1-3H3,(H,10,11)/t7-,8-/m0/s1. The fourth-order valence-electron chi connectivity index (χ4n) is 1.25. The van der Waals surface area contributed by atoms with Gasteiger partial charge in [0.2, 0.25) is 0 Å². The molecule has 2 heteroatoms. The Morgan fingerprint density at radius 2 is 2.00 bits per heavy atom. The predicted octanol–water partition coefficient (Wildman–Crippen LogP) is 2.53. The second kappa shape index (κ2) is 5.16. The lowest BCUT2D eigenvalue weighted by atomic mass is 9.88. The highest BCUT2D eigenvalue weighted by Gasteiger charge is 2.21. The van der Waals surface area contributed by atoms with Crippen LogP contribution >= 0.6 is 0 Å². The van der Waals surface area contributed by atoms with Gasteiger partial charge in [-0.15, -0.1) is 0 Å². The fraction of sp³-hybridized carbons (Fsp3) is 0.889. The Hall–Kier alpha value is -0.530. The van der Waals surface area contributed by atoms with Crippen LogP contribution in [-0.2, 0) is 4.79 Å². The maximum Gasteiger partial charge on any atom is 0.306 e. The maximum atomic E-state index is 10.7. The van der Waals surface area contributed by atoms with E-state index >= 15 is 0 Å². The lowest BCUT2D eigenvalue weighted by molar-refractivity contribution is -0.143. The lowest BCUT2D eigenvalue weighted by Gasteiger charge is -2.17. The lowest BCUT2D eigenvalue weighted by Crippen LogP contribution is -2.20. The third-order valence-corrected chi connectivity index (χ3v) is 2.25. The number of aliphatic carboxylic acids is 1. The van der Waals surface area contributed by atoms with E-state index in [2.05, 4.69) is 0 Å². The molecule has 0 aliphatic heterocycles. The molecule has 0 aromatic rings. The van der Waals surface area contributed by atoms with Crippen molar-refractivity contribution in [1.29, 1.82) is 0 Å². The molecule has 0 heterocycles. The van der Waals surface area contributed by atoms with Gasteiger partial charge in [0, 0.05) is 0 Å². The van der Waals surface area contributed by atoms with Crippen molar-refractivity contribution in [2.45, 2.75) is 40.0 Å². The summed E-state index contributed by atoms with van der Waals surface area (Å²) in [4.78, 5) is 10.7. The molecule has 0 unspecified atom stereocenters. The molecule has 0 saturated carbocycles. The van der Waals surface area contributed by atoms with Crippen LogP contribution in [0.25, 0.3) is 0 Å². The summed E-state index contributed by atoms with van der Waals surface area (Å²) in [5.41, 5.74) is 0. The average molecular weight is 158 g/mol. The number of rotatable bonds is 5. The van der Waals surface area contributed by atoms with Gasteiger partial charge < -0.3 is 5.11 Å². The minimum Gasteiger partial charge on any atom is -0.481 e. The Morgan fingerprint density at radius 3 is 2.27 bits per heavy atom. The van der Waals surface area contributed by atoms with Crippen LogP contribution in [-0.4, -0.2) is 11.1 Å². The maximum absolute atomic E-state index is 10.7. The first-order valence-corrected chi connectivity index (χ1v) is 4.36. The van der Waals surface area contributed by atoms with Crippen molar-refractivity contribution in [2.24, 2.45) is 11.8 Å². The van der Waals surface area contributed by atoms with E-state index < -0.39 is 5.97 Å². The van der Waals surface area contributed by atoms with Gasteiger partial charge in [-0.1, -0.05) is 33.6 Å². The normalized spacial score (nSPS) is 15.9. The second-order valence-corrected chi connectivity index (χ2v) is 3.12. The molecule has 0 radical (unpaired) electrons. The van der Waals surface area contributed by atoms with Crippen molar-refractivity contribution in [3.05, 3.63) is 0 Å². The molecule has 0 aliphatic rings. The Balaban J connectivity index is 3.97. The Morgan fingerprint density at radius 1 is 1.45 bits per heavy atom. The largest absolute Gasteiger partial charge is 0.481 e. The molecule has 0 amide bonds. The Labute approximate surface area is 68.6 Å². The molecule has 0 aliphatic carbocycles. The van der Waals surface area contributed by atoms with Gasteiger partial charge in [-0.2, -0.15) is 0 Å². The zero-order valence-electron chi connectivity index (χ0n) is 7.63. The first-order chi connectivity index (χ1) is 5.13. The summed E-state index contributed by atoms with van der Waals surface area (Å²) < 4.78 is 0. The number of carboxylic acid groups (broad SMARTS) is 1. The molecule has 11 heavy (non-hydrogen) atoms. The van der Waals surface area contributed by atoms with Gasteiger partial charge in [-0.05, 0) is 12.3 Å². The summed E-state index contributed by atoms with van der Waals surface area (Å²) in [6, 6.07) is 0. The molecule has 0 saturated heterocycles. The third kappa shape index (κ3) is 3.40. The summed E-state index contributed by atoms with van der Waals surface area (Å²) in [7, 11) is 0. The van der Waals surface area contributed by atoms with E-state index in [-0.39, 0.29) is 5.92 Å². The molecule has 0 rings (SSSR count). The smallest absolute Gasteiger partial charge is 0.306 e. The zero-order chi connectivity index (χ0) is 8.85. The molecule has 0 fully saturated rings. The average Bonchev–Trinajstić information content (AvgIpc) is 1.98. The van der Waals surface area contributed by atoms with E-state index in [1.807, 2.05) is 20.8 Å². The van der Waals surface area contributed by atoms with E-state index in [9.17, 15) is 4.79 Å². The van der Waals surface area contributed by atoms with Gasteiger partial charge in [0.05, 0.1) is 5.92 Å². The number of hydrogen-bond donors (Lipinski definition) is 1. The fourth-order valence-corrected chi connectivity index (χ4v) is 1.25. The summed E-state index contributed by atoms with van der Waals surface area (Å²) in [5, 5.41) is 8.81. The van der Waals surface area contributed by atoms with Crippen LogP contribution in [0.3, 0.4) is 0 Å². The Bertz CT molecular complexity index is 121. The van der Waals surface area contributed by atoms with Crippen LogP contribution in [0.15, 0.2) is 0 Å². The van der Waals surface area contributed by atoms with Crippen LogP contribution < -0.4 is 0 Å². The zero-order valence-corrected chi connectivity index (χ0v) is 7.63. The van der Waals surface area contributed by atoms with Crippen molar-refractivity contribution in [3.63, 3.8) is 0 Å². The predicted molar refractivity (Wildman–Crippen MR) is 45.5 cm³/mol. The molecule has 0 aromatic carbocycles. The molecular formula is C9H18O2. The highest BCUT2D eigenvalue weighted by Crippen LogP contribution is 2.20. The van der Waals surface area contributed by atoms with E-state index in [1.165, 1.54) is 0 Å². The topological polar surface area (TPSA) is 37.3 Å². The van der Waals surface area contributed by atoms with Crippen LogP contribution in [0.2, 0.25) is 0 Å². The van der Waals surface area contributed by atoms with Crippen molar-refractivity contribution in [1.82, 2.24) is 0 Å². The monoisotopic (exact) mass is 158 g/mol. The quantitative estimate of drug-likeness (QED) is 0.667. The summed E-state index contributed by atoms with van der Waals surface area (Å²) in [6.07, 6.45) is 2.72. The van der Waals surface area contributed by atoms with Crippen molar-refractivity contribution in [3.8, 4) is 0 Å². The number of carboxylic acids is 1. The van der Waals surface area contributed by atoms with Gasteiger partial charge in [0.1, 0.15) is 0 Å². The highest BCUT2D eigenvalue weighted by atomic mass is 16.4. The van der Waals surface area contributed by atoms with Gasteiger partial charge in [0.25, 0.3) is 0 Å². The summed E-state index contributed by atoms with van der Waals surface area (Å²) in [6.45, 7) is 6.07. The first-order valence-electron chi connectivity index (χ1n) is 4.36. The SMILES string of the molecule is CCC[C@H](C(=O)O)[C@@H](C)CC. The molecule has 0 bridgehead atoms. The van der Waals surface area contributed by atoms with E-state index in [4.69, 9.17) is 5.11 Å². The first kappa shape index (κ1) is 10.5. The molecule has 0 spiro atoms. The molecule has 0 aromatic heterocycles. The van der Waals surface area contributed by atoms with Gasteiger partial charge in [-0.25, -0.2) is 0 Å². The van der Waals surface area contributed by atoms with E-state index in [0.29, 0.717) is 5.92 Å². The minimum absolute atomic E-state index is 0.134. The van der Waals surface area contributed by atoms with Crippen LogP contribution in [0.4, 0.5) is 0 Å². The third-order valence-electron chi connectivity index (χ3n) is 2.25. The molecular weight excluding hydrogens is 140 g/mol. The second-order valence-electron chi connectivity index (χ2n) is 3.12. The number of carbonyl (C=O) groups is 1. The molecule has 66 valence electrons. The summed E-state index contributed by atoms with van der Waals surface area (Å²) in [5.74, 6) is -0.460. The Kier molecular flexibility index (Phi) is 4.92.